The predicted molar refractivity (Wildman–Crippen MR) is 52.5 cm³/mol. The van der Waals surface area contributed by atoms with Crippen LogP contribution in [-0.4, -0.2) is 36.6 Å². The van der Waals surface area contributed by atoms with E-state index in [-0.39, 0.29) is 5.41 Å². The van der Waals surface area contributed by atoms with Crippen LogP contribution in [0.1, 0.15) is 5.56 Å². The summed E-state index contributed by atoms with van der Waals surface area (Å²) in [5.41, 5.74) is 7.33. The molecule has 3 nitrogen and oxygen atoms in total. The SMILES string of the molecule is CN1CC(CN)(c2ccncc2)C1. The number of likely N-dealkylation sites (N-methyl/N-ethyl adjacent to an activating group) is 1. The van der Waals surface area contributed by atoms with E-state index in [1.54, 1.807) is 0 Å². The van der Waals surface area contributed by atoms with Gasteiger partial charge in [0, 0.05) is 37.4 Å². The fourth-order valence-electron chi connectivity index (χ4n) is 2.12. The van der Waals surface area contributed by atoms with Crippen molar-refractivity contribution in [1.29, 1.82) is 0 Å². The number of nitrogens with zero attached hydrogens (tertiary/aromatic N) is 2. The van der Waals surface area contributed by atoms with Gasteiger partial charge in [-0.25, -0.2) is 0 Å². The summed E-state index contributed by atoms with van der Waals surface area (Å²) in [6.45, 7) is 2.85. The average Bonchev–Trinajstić information content (AvgIpc) is 2.14. The van der Waals surface area contributed by atoms with Crippen molar-refractivity contribution in [1.82, 2.24) is 9.88 Å². The van der Waals surface area contributed by atoms with E-state index >= 15 is 0 Å². The van der Waals surface area contributed by atoms with E-state index < -0.39 is 0 Å². The van der Waals surface area contributed by atoms with Crippen molar-refractivity contribution >= 4 is 0 Å². The smallest absolute Gasteiger partial charge is 0.0330 e. The van der Waals surface area contributed by atoms with Crippen molar-refractivity contribution in [2.24, 2.45) is 5.73 Å². The van der Waals surface area contributed by atoms with Crippen LogP contribution in [0.15, 0.2) is 24.5 Å². The highest BCUT2D eigenvalue weighted by Crippen LogP contribution is 2.31. The number of likely N-dealkylation sites (tertiary alicyclic amines) is 1. The molecule has 1 fully saturated rings. The van der Waals surface area contributed by atoms with Crippen molar-refractivity contribution in [3.05, 3.63) is 30.1 Å². The van der Waals surface area contributed by atoms with E-state index in [1.165, 1.54) is 5.56 Å². The van der Waals surface area contributed by atoms with Crippen LogP contribution in [0.3, 0.4) is 0 Å². The Hall–Kier alpha value is -0.930. The lowest BCUT2D eigenvalue weighted by atomic mass is 9.74. The molecule has 0 radical (unpaired) electrons. The first-order valence-corrected chi connectivity index (χ1v) is 4.56. The minimum absolute atomic E-state index is 0.192. The maximum atomic E-state index is 5.82. The molecule has 0 saturated carbocycles. The van der Waals surface area contributed by atoms with Crippen LogP contribution in [0.4, 0.5) is 0 Å². The first-order valence-electron chi connectivity index (χ1n) is 4.56. The van der Waals surface area contributed by atoms with Crippen molar-refractivity contribution in [3.63, 3.8) is 0 Å². The van der Waals surface area contributed by atoms with Crippen LogP contribution in [-0.2, 0) is 5.41 Å². The van der Waals surface area contributed by atoms with Gasteiger partial charge in [0.25, 0.3) is 0 Å². The predicted octanol–water partition coefficient (Wildman–Crippen LogP) is 0.223. The molecule has 1 aromatic heterocycles. The molecule has 1 saturated heterocycles. The molecule has 1 aliphatic rings. The van der Waals surface area contributed by atoms with Gasteiger partial charge >= 0.3 is 0 Å². The highest BCUT2D eigenvalue weighted by Gasteiger charge is 2.41. The first kappa shape index (κ1) is 8.66. The summed E-state index contributed by atoms with van der Waals surface area (Å²) >= 11 is 0. The fraction of sp³-hybridized carbons (Fsp3) is 0.500. The third-order valence-electron chi connectivity index (χ3n) is 2.83. The van der Waals surface area contributed by atoms with Gasteiger partial charge in [0.05, 0.1) is 0 Å². The van der Waals surface area contributed by atoms with Crippen molar-refractivity contribution in [2.75, 3.05) is 26.7 Å². The van der Waals surface area contributed by atoms with Gasteiger partial charge in [0.1, 0.15) is 0 Å². The Bertz CT molecular complexity index is 277. The summed E-state index contributed by atoms with van der Waals surface area (Å²) in [4.78, 5) is 6.30. The Kier molecular flexibility index (Phi) is 2.06. The van der Waals surface area contributed by atoms with Crippen molar-refractivity contribution < 1.29 is 0 Å². The number of aromatic nitrogens is 1. The minimum atomic E-state index is 0.192. The van der Waals surface area contributed by atoms with Gasteiger partial charge in [-0.3, -0.25) is 4.98 Å². The monoisotopic (exact) mass is 177 g/mol. The zero-order valence-corrected chi connectivity index (χ0v) is 7.90. The zero-order valence-electron chi connectivity index (χ0n) is 7.90. The lowest BCUT2D eigenvalue weighted by Gasteiger charge is -2.48. The second-order valence-electron chi connectivity index (χ2n) is 3.89. The number of hydrogen-bond donors (Lipinski definition) is 1. The van der Waals surface area contributed by atoms with Crippen LogP contribution < -0.4 is 5.73 Å². The highest BCUT2D eigenvalue weighted by molar-refractivity contribution is 5.28. The summed E-state index contributed by atoms with van der Waals surface area (Å²) in [6.07, 6.45) is 3.68. The molecule has 0 bridgehead atoms. The standard InChI is InChI=1S/C10H15N3/c1-13-7-10(6-11,8-13)9-2-4-12-5-3-9/h2-5H,6-8,11H2,1H3. The van der Waals surface area contributed by atoms with Crippen LogP contribution in [0.25, 0.3) is 0 Å². The molecule has 0 aromatic carbocycles. The molecule has 70 valence electrons. The van der Waals surface area contributed by atoms with Crippen LogP contribution in [0.5, 0.6) is 0 Å². The van der Waals surface area contributed by atoms with Crippen molar-refractivity contribution in [3.8, 4) is 0 Å². The second kappa shape index (κ2) is 3.09. The zero-order chi connectivity index (χ0) is 9.31. The van der Waals surface area contributed by atoms with Crippen LogP contribution >= 0.6 is 0 Å². The van der Waals surface area contributed by atoms with Gasteiger partial charge in [-0.2, -0.15) is 0 Å². The largest absolute Gasteiger partial charge is 0.329 e. The molecular weight excluding hydrogens is 162 g/mol. The molecular formula is C10H15N3. The maximum absolute atomic E-state index is 5.82. The lowest BCUT2D eigenvalue weighted by Crippen LogP contribution is -2.61. The molecule has 0 atom stereocenters. The van der Waals surface area contributed by atoms with Crippen LogP contribution in [0, 0.1) is 0 Å². The van der Waals surface area contributed by atoms with Gasteiger partial charge in [-0.15, -0.1) is 0 Å². The Morgan fingerprint density at radius 1 is 1.46 bits per heavy atom. The van der Waals surface area contributed by atoms with Gasteiger partial charge in [-0.1, -0.05) is 0 Å². The van der Waals surface area contributed by atoms with E-state index in [2.05, 4.69) is 29.1 Å². The van der Waals surface area contributed by atoms with E-state index in [9.17, 15) is 0 Å². The molecule has 0 spiro atoms. The van der Waals surface area contributed by atoms with Gasteiger partial charge in [0.15, 0.2) is 0 Å². The fourth-order valence-corrected chi connectivity index (χ4v) is 2.12. The minimum Gasteiger partial charge on any atom is -0.329 e. The van der Waals surface area contributed by atoms with E-state index in [4.69, 9.17) is 5.73 Å². The van der Waals surface area contributed by atoms with Crippen molar-refractivity contribution in [2.45, 2.75) is 5.41 Å². The number of hydrogen-bond acceptors (Lipinski definition) is 3. The van der Waals surface area contributed by atoms with E-state index in [0.29, 0.717) is 0 Å². The quantitative estimate of drug-likeness (QED) is 0.703. The normalized spacial score (nSPS) is 21.1. The molecule has 0 unspecified atom stereocenters. The summed E-state index contributed by atoms with van der Waals surface area (Å²) in [5, 5.41) is 0. The molecule has 0 aliphatic carbocycles. The topological polar surface area (TPSA) is 42.1 Å². The molecule has 1 aromatic rings. The Morgan fingerprint density at radius 2 is 2.08 bits per heavy atom. The molecule has 2 heterocycles. The van der Waals surface area contributed by atoms with E-state index in [0.717, 1.165) is 19.6 Å². The number of nitrogens with two attached hydrogens (primary N) is 1. The van der Waals surface area contributed by atoms with Gasteiger partial charge in [-0.05, 0) is 24.7 Å². The van der Waals surface area contributed by atoms with Gasteiger partial charge in [0.2, 0.25) is 0 Å². The summed E-state index contributed by atoms with van der Waals surface area (Å²) in [6, 6.07) is 4.14. The molecule has 2 N–H and O–H groups in total. The number of pyridine rings is 1. The average molecular weight is 177 g/mol. The van der Waals surface area contributed by atoms with Gasteiger partial charge < -0.3 is 10.6 Å². The Labute approximate surface area is 78.6 Å². The first-order chi connectivity index (χ1) is 6.27. The summed E-state index contributed by atoms with van der Waals surface area (Å²) in [5.74, 6) is 0. The van der Waals surface area contributed by atoms with Crippen LogP contribution in [0.2, 0.25) is 0 Å². The molecule has 13 heavy (non-hydrogen) atoms. The summed E-state index contributed by atoms with van der Waals surface area (Å²) < 4.78 is 0. The lowest BCUT2D eigenvalue weighted by molar-refractivity contribution is 0.1000. The highest BCUT2D eigenvalue weighted by atomic mass is 15.2. The van der Waals surface area contributed by atoms with E-state index in [1.807, 2.05) is 12.4 Å². The third kappa shape index (κ3) is 1.34. The Morgan fingerprint density at radius 3 is 2.54 bits per heavy atom. The second-order valence-corrected chi connectivity index (χ2v) is 3.89. The molecule has 0 amide bonds. The molecule has 3 heteroatoms. The Balaban J connectivity index is 2.24. The molecule has 1 aliphatic heterocycles. The summed E-state index contributed by atoms with van der Waals surface area (Å²) in [7, 11) is 2.12. The third-order valence-corrected chi connectivity index (χ3v) is 2.83. The maximum Gasteiger partial charge on any atom is 0.0330 e. The number of rotatable bonds is 2. The molecule has 2 rings (SSSR count).